The highest BCUT2D eigenvalue weighted by Gasteiger charge is 2.39. The maximum atomic E-state index is 11.6. The average Bonchev–Trinajstić information content (AvgIpc) is 1.84. The zero-order valence-electron chi connectivity index (χ0n) is 5.03. The normalized spacial score (nSPS) is 10.6. The number of carbonyl (C=O) groups is 1. The number of nitrogens with zero attached hydrogens (tertiary/aromatic N) is 1. The summed E-state index contributed by atoms with van der Waals surface area (Å²) in [6.45, 7) is 0. The van der Waals surface area contributed by atoms with Crippen molar-refractivity contribution < 1.29 is 33.6 Å². The molecule has 0 fully saturated rings. The number of alkyl halides is 3. The van der Waals surface area contributed by atoms with E-state index >= 15 is 0 Å². The third kappa shape index (κ3) is 4.57. The lowest BCUT2D eigenvalue weighted by Crippen LogP contribution is -2.24. The number of carbonyl (C=O) groups excluding carboxylic acids is 1. The van der Waals surface area contributed by atoms with Gasteiger partial charge in [-0.15, -0.1) is 15.1 Å². The fraction of sp³-hybridized carbons (Fsp3) is 0.500. The zero-order chi connectivity index (χ0) is 9.78. The summed E-state index contributed by atoms with van der Waals surface area (Å²) in [6, 6.07) is 0. The van der Waals surface area contributed by atoms with Crippen molar-refractivity contribution in [1.82, 2.24) is 0 Å². The van der Waals surface area contributed by atoms with E-state index in [0.717, 1.165) is 0 Å². The molecule has 0 bridgehead atoms. The molecule has 10 heteroatoms. The van der Waals surface area contributed by atoms with Gasteiger partial charge in [0.1, 0.15) is 0 Å². The number of hydrogen-bond acceptors (Lipinski definition) is 6. The van der Waals surface area contributed by atoms with Crippen LogP contribution in [0.15, 0.2) is 0 Å². The van der Waals surface area contributed by atoms with Crippen LogP contribution >= 0.6 is 11.6 Å². The van der Waals surface area contributed by atoms with Crippen molar-refractivity contribution >= 4 is 17.6 Å². The molecule has 0 rings (SSSR count). The summed E-state index contributed by atoms with van der Waals surface area (Å²) in [5.41, 5.74) is 0. The maximum Gasteiger partial charge on any atom is 0.430 e. The van der Waals surface area contributed by atoms with Crippen LogP contribution < -0.4 is 0 Å². The molecule has 0 saturated carbocycles. The van der Waals surface area contributed by atoms with Crippen LogP contribution in [0.4, 0.5) is 8.78 Å². The Hall–Kier alpha value is -1.22. The molecule has 0 aliphatic heterocycles. The Labute approximate surface area is 67.7 Å². The highest BCUT2D eigenvalue weighted by Crippen LogP contribution is 2.20. The molecule has 0 unspecified atom stereocenters. The monoisotopic (exact) mass is 207 g/mol. The van der Waals surface area contributed by atoms with Gasteiger partial charge < -0.3 is 0 Å². The average molecular weight is 207 g/mol. The summed E-state index contributed by atoms with van der Waals surface area (Å²) in [4.78, 5) is 25.1. The summed E-state index contributed by atoms with van der Waals surface area (Å²) in [6.07, 6.45) is 0. The van der Waals surface area contributed by atoms with Crippen molar-refractivity contribution in [2.45, 2.75) is 5.38 Å². The van der Waals surface area contributed by atoms with Gasteiger partial charge in [-0.05, 0) is 11.6 Å². The second-order valence-corrected chi connectivity index (χ2v) is 1.71. The molecule has 12 heavy (non-hydrogen) atoms. The molecule has 0 heterocycles. The smallest absolute Gasteiger partial charge is 0.260 e. The highest BCUT2D eigenvalue weighted by atomic mass is 35.5. The van der Waals surface area contributed by atoms with E-state index in [2.05, 4.69) is 26.5 Å². The number of rotatable bonds is 4. The fourth-order valence-corrected chi connectivity index (χ4v) is 0.150. The summed E-state index contributed by atoms with van der Waals surface area (Å²) < 4.78 is 23.3. The summed E-state index contributed by atoms with van der Waals surface area (Å²) in [5, 5.41) is 6.40. The van der Waals surface area contributed by atoms with Crippen LogP contribution in [-0.4, -0.2) is 16.4 Å². The van der Waals surface area contributed by atoms with Gasteiger partial charge in [-0.1, -0.05) is 0 Å². The molecule has 0 atom stereocenters. The third-order valence-electron chi connectivity index (χ3n) is 0.432. The van der Waals surface area contributed by atoms with E-state index < -0.39 is 16.4 Å². The molecule has 0 aromatic heterocycles. The Kier molecular flexibility index (Phi) is 3.57. The van der Waals surface area contributed by atoms with E-state index in [9.17, 15) is 23.7 Å². The van der Waals surface area contributed by atoms with Crippen molar-refractivity contribution in [1.29, 1.82) is 0 Å². The van der Waals surface area contributed by atoms with E-state index in [1.165, 1.54) is 0 Å². The van der Waals surface area contributed by atoms with Crippen LogP contribution in [0.25, 0.3) is 0 Å². The molecular formula is C2ClF2NO6. The van der Waals surface area contributed by atoms with Crippen LogP contribution in [0.2, 0.25) is 0 Å². The Morgan fingerprint density at radius 3 is 2.42 bits per heavy atom. The maximum absolute atomic E-state index is 11.6. The third-order valence-corrected chi connectivity index (χ3v) is 0.587. The molecule has 0 aromatic carbocycles. The first kappa shape index (κ1) is 10.8. The Morgan fingerprint density at radius 1 is 1.58 bits per heavy atom. The zero-order valence-corrected chi connectivity index (χ0v) is 5.79. The summed E-state index contributed by atoms with van der Waals surface area (Å²) in [5.74, 6) is -2.33. The van der Waals surface area contributed by atoms with Gasteiger partial charge in [-0.25, -0.2) is 4.79 Å². The quantitative estimate of drug-likeness (QED) is 0.287. The lowest BCUT2D eigenvalue weighted by Gasteiger charge is -2.02. The van der Waals surface area contributed by atoms with E-state index in [-0.39, 0.29) is 0 Å². The molecule has 0 amide bonds. The molecule has 0 aliphatic carbocycles. The predicted octanol–water partition coefficient (Wildman–Crippen LogP) is 0.416. The van der Waals surface area contributed by atoms with Gasteiger partial charge in [0.05, 0.1) is 0 Å². The van der Waals surface area contributed by atoms with Gasteiger partial charge in [0.15, 0.2) is 0 Å². The standard InChI is InChI=1S/C2ClF2NO6/c3-2(4,5)1(7)10-12-11-6(8)9. The Balaban J connectivity index is 3.66. The molecule has 0 saturated heterocycles. The minimum absolute atomic E-state index is 1.53. The minimum atomic E-state index is -4.32. The lowest BCUT2D eigenvalue weighted by atomic mass is 10.7. The topological polar surface area (TPSA) is 87.9 Å². The second-order valence-electron chi connectivity index (χ2n) is 1.23. The molecular weight excluding hydrogens is 207 g/mol. The van der Waals surface area contributed by atoms with Crippen LogP contribution in [0.5, 0.6) is 0 Å². The summed E-state index contributed by atoms with van der Waals surface area (Å²) >= 11 is 4.09. The lowest BCUT2D eigenvalue weighted by molar-refractivity contribution is -0.885. The van der Waals surface area contributed by atoms with E-state index in [4.69, 9.17) is 0 Å². The molecule has 0 spiro atoms. The van der Waals surface area contributed by atoms with Gasteiger partial charge in [-0.3, -0.25) is 4.89 Å². The predicted molar refractivity (Wildman–Crippen MR) is 26.1 cm³/mol. The Morgan fingerprint density at radius 2 is 2.08 bits per heavy atom. The van der Waals surface area contributed by atoms with Crippen molar-refractivity contribution in [3.8, 4) is 0 Å². The second kappa shape index (κ2) is 3.97. The minimum Gasteiger partial charge on any atom is -0.260 e. The van der Waals surface area contributed by atoms with Crippen molar-refractivity contribution in [2.24, 2.45) is 0 Å². The van der Waals surface area contributed by atoms with Gasteiger partial charge in [0.25, 0.3) is 0 Å². The fourth-order valence-electron chi connectivity index (χ4n) is 0.118. The van der Waals surface area contributed by atoms with E-state index in [1.54, 1.807) is 0 Å². The van der Waals surface area contributed by atoms with Crippen molar-refractivity contribution in [3.05, 3.63) is 10.1 Å². The Bertz CT molecular complexity index is 190. The first-order chi connectivity index (χ1) is 5.34. The van der Waals surface area contributed by atoms with Crippen molar-refractivity contribution in [3.63, 3.8) is 0 Å². The van der Waals surface area contributed by atoms with Crippen LogP contribution in [0, 0.1) is 10.1 Å². The van der Waals surface area contributed by atoms with Crippen LogP contribution in [0.3, 0.4) is 0 Å². The molecule has 0 aromatic rings. The first-order valence-electron chi connectivity index (χ1n) is 2.11. The highest BCUT2D eigenvalue weighted by molar-refractivity contribution is 6.31. The molecule has 0 radical (unpaired) electrons. The van der Waals surface area contributed by atoms with Crippen LogP contribution in [0.1, 0.15) is 0 Å². The SMILES string of the molecule is O=C(OOO[N+](=O)[O-])C(F)(F)Cl. The molecule has 70 valence electrons. The number of hydrogen-bond donors (Lipinski definition) is 0. The summed E-state index contributed by atoms with van der Waals surface area (Å²) in [7, 11) is 0. The van der Waals surface area contributed by atoms with Gasteiger partial charge in [0, 0.05) is 5.04 Å². The van der Waals surface area contributed by atoms with Crippen molar-refractivity contribution in [2.75, 3.05) is 0 Å². The van der Waals surface area contributed by atoms with Gasteiger partial charge in [-0.2, -0.15) is 8.78 Å². The first-order valence-corrected chi connectivity index (χ1v) is 2.48. The molecule has 0 N–H and O–H groups in total. The molecule has 0 aliphatic rings. The van der Waals surface area contributed by atoms with E-state index in [0.29, 0.717) is 0 Å². The largest absolute Gasteiger partial charge is 0.430 e. The van der Waals surface area contributed by atoms with Crippen LogP contribution in [-0.2, 0) is 19.7 Å². The van der Waals surface area contributed by atoms with Gasteiger partial charge in [0.2, 0.25) is 0 Å². The van der Waals surface area contributed by atoms with Gasteiger partial charge >= 0.3 is 16.4 Å². The van der Waals surface area contributed by atoms with E-state index in [1.807, 2.05) is 0 Å². The number of halogens is 3. The molecule has 7 nitrogen and oxygen atoms in total.